The zero-order chi connectivity index (χ0) is 12.7. The number of hydrogen-bond donors (Lipinski definition) is 2. The van der Waals surface area contributed by atoms with Crippen molar-refractivity contribution in [3.8, 4) is 0 Å². The molecule has 0 aliphatic rings. The number of carbonyl (C=O) groups excluding carboxylic acids is 1. The first-order valence-corrected chi connectivity index (χ1v) is 5.94. The first-order valence-electron chi connectivity index (χ1n) is 5.94. The molecule has 1 atom stereocenters. The number of unbranched alkanes of at least 4 members (excludes halogenated alkanes) is 1. The third-order valence-electron chi connectivity index (χ3n) is 2.54. The average Bonchev–Trinajstić information content (AvgIpc) is 2.29. The Morgan fingerprint density at radius 2 is 2.12 bits per heavy atom. The van der Waals surface area contributed by atoms with Crippen molar-refractivity contribution in [2.24, 2.45) is 0 Å². The van der Waals surface area contributed by atoms with E-state index in [2.05, 4.69) is 17.6 Å². The Bertz CT molecular complexity index is 368. The minimum atomic E-state index is -0.335. The van der Waals surface area contributed by atoms with Crippen LogP contribution in [-0.4, -0.2) is 12.6 Å². The molecule has 0 radical (unpaired) electrons. The molecule has 3 nitrogen and oxygen atoms in total. The van der Waals surface area contributed by atoms with Crippen molar-refractivity contribution >= 4 is 6.03 Å². The van der Waals surface area contributed by atoms with Crippen molar-refractivity contribution in [2.75, 3.05) is 6.54 Å². The van der Waals surface area contributed by atoms with Gasteiger partial charge in [-0.1, -0.05) is 31.5 Å². The molecule has 0 aliphatic heterocycles. The zero-order valence-corrected chi connectivity index (χ0v) is 10.3. The second-order valence-electron chi connectivity index (χ2n) is 4.00. The summed E-state index contributed by atoms with van der Waals surface area (Å²) in [7, 11) is 0. The lowest BCUT2D eigenvalue weighted by Gasteiger charge is -2.15. The van der Waals surface area contributed by atoms with Crippen LogP contribution >= 0.6 is 0 Å². The highest BCUT2D eigenvalue weighted by Gasteiger charge is 2.12. The highest BCUT2D eigenvalue weighted by molar-refractivity contribution is 5.74. The van der Waals surface area contributed by atoms with E-state index < -0.39 is 0 Å². The fourth-order valence-corrected chi connectivity index (χ4v) is 1.53. The SMILES string of the molecule is CCCCNC(=O)NC(C)c1ccccc1F. The van der Waals surface area contributed by atoms with Gasteiger partial charge in [0.2, 0.25) is 0 Å². The Hall–Kier alpha value is -1.58. The van der Waals surface area contributed by atoms with Gasteiger partial charge >= 0.3 is 6.03 Å². The summed E-state index contributed by atoms with van der Waals surface area (Å²) in [5, 5.41) is 5.44. The number of amides is 2. The van der Waals surface area contributed by atoms with E-state index in [-0.39, 0.29) is 17.9 Å². The molecule has 0 aromatic heterocycles. The minimum absolute atomic E-state index is 0.255. The van der Waals surface area contributed by atoms with Gasteiger partial charge in [0.15, 0.2) is 0 Å². The molecule has 0 bridgehead atoms. The van der Waals surface area contributed by atoms with Gasteiger partial charge in [0, 0.05) is 12.1 Å². The minimum Gasteiger partial charge on any atom is -0.338 e. The van der Waals surface area contributed by atoms with Crippen LogP contribution in [0.5, 0.6) is 0 Å². The van der Waals surface area contributed by atoms with Crippen molar-refractivity contribution in [2.45, 2.75) is 32.7 Å². The van der Waals surface area contributed by atoms with Crippen LogP contribution in [0.4, 0.5) is 9.18 Å². The largest absolute Gasteiger partial charge is 0.338 e. The van der Waals surface area contributed by atoms with Crippen LogP contribution in [0.15, 0.2) is 24.3 Å². The maximum Gasteiger partial charge on any atom is 0.315 e. The number of urea groups is 1. The van der Waals surface area contributed by atoms with Crippen LogP contribution in [0.1, 0.15) is 38.3 Å². The van der Waals surface area contributed by atoms with Crippen molar-refractivity contribution in [1.82, 2.24) is 10.6 Å². The van der Waals surface area contributed by atoms with Crippen molar-refractivity contribution in [3.05, 3.63) is 35.6 Å². The summed E-state index contributed by atoms with van der Waals surface area (Å²) >= 11 is 0. The van der Waals surface area contributed by atoms with Gasteiger partial charge in [-0.3, -0.25) is 0 Å². The van der Waals surface area contributed by atoms with Gasteiger partial charge in [0.1, 0.15) is 5.82 Å². The molecule has 0 heterocycles. The van der Waals surface area contributed by atoms with E-state index in [9.17, 15) is 9.18 Å². The summed E-state index contributed by atoms with van der Waals surface area (Å²) < 4.78 is 13.4. The van der Waals surface area contributed by atoms with Crippen LogP contribution in [0.25, 0.3) is 0 Å². The third kappa shape index (κ3) is 4.43. The van der Waals surface area contributed by atoms with Gasteiger partial charge in [-0.15, -0.1) is 0 Å². The van der Waals surface area contributed by atoms with Crippen molar-refractivity contribution in [1.29, 1.82) is 0 Å². The Labute approximate surface area is 101 Å². The van der Waals surface area contributed by atoms with Crippen LogP contribution < -0.4 is 10.6 Å². The molecular weight excluding hydrogens is 219 g/mol. The topological polar surface area (TPSA) is 41.1 Å². The second-order valence-corrected chi connectivity index (χ2v) is 4.00. The molecule has 0 saturated carbocycles. The van der Waals surface area contributed by atoms with Crippen molar-refractivity contribution < 1.29 is 9.18 Å². The normalized spacial score (nSPS) is 11.9. The third-order valence-corrected chi connectivity index (χ3v) is 2.54. The van der Waals surface area contributed by atoms with Crippen LogP contribution in [0, 0.1) is 5.82 Å². The van der Waals surface area contributed by atoms with Gasteiger partial charge in [-0.25, -0.2) is 9.18 Å². The number of hydrogen-bond acceptors (Lipinski definition) is 1. The predicted octanol–water partition coefficient (Wildman–Crippen LogP) is 2.99. The number of nitrogens with one attached hydrogen (secondary N) is 2. The molecule has 4 heteroatoms. The van der Waals surface area contributed by atoms with Crippen LogP contribution in [0.2, 0.25) is 0 Å². The molecule has 1 unspecified atom stereocenters. The number of carbonyl (C=O) groups is 1. The summed E-state index contributed by atoms with van der Waals surface area (Å²) in [6.45, 7) is 4.46. The van der Waals surface area contributed by atoms with Gasteiger partial charge in [0.25, 0.3) is 0 Å². The Morgan fingerprint density at radius 1 is 1.41 bits per heavy atom. The maximum atomic E-state index is 13.4. The first-order chi connectivity index (χ1) is 8.15. The summed E-state index contributed by atoms with van der Waals surface area (Å²) in [5.41, 5.74) is 0.498. The smallest absolute Gasteiger partial charge is 0.315 e. The molecule has 1 aromatic carbocycles. The van der Waals surface area contributed by atoms with E-state index in [0.717, 1.165) is 12.8 Å². The molecule has 0 saturated heterocycles. The zero-order valence-electron chi connectivity index (χ0n) is 10.3. The fraction of sp³-hybridized carbons (Fsp3) is 0.462. The first kappa shape index (κ1) is 13.5. The van der Waals surface area contributed by atoms with E-state index in [1.54, 1.807) is 25.1 Å². The standard InChI is InChI=1S/C13H19FN2O/c1-3-4-9-15-13(17)16-10(2)11-7-5-6-8-12(11)14/h5-8,10H,3-4,9H2,1-2H3,(H2,15,16,17). The van der Waals surface area contributed by atoms with Crippen molar-refractivity contribution in [3.63, 3.8) is 0 Å². The fourth-order valence-electron chi connectivity index (χ4n) is 1.53. The Morgan fingerprint density at radius 3 is 2.76 bits per heavy atom. The van der Waals surface area contributed by atoms with Crippen LogP contribution in [-0.2, 0) is 0 Å². The van der Waals surface area contributed by atoms with Gasteiger partial charge in [-0.05, 0) is 19.4 Å². The van der Waals surface area contributed by atoms with Gasteiger partial charge < -0.3 is 10.6 Å². The molecule has 0 spiro atoms. The molecule has 94 valence electrons. The average molecular weight is 238 g/mol. The lowest BCUT2D eigenvalue weighted by atomic mass is 10.1. The summed E-state index contributed by atoms with van der Waals surface area (Å²) in [5.74, 6) is -0.297. The molecule has 1 aromatic rings. The van der Waals surface area contributed by atoms with E-state index in [4.69, 9.17) is 0 Å². The number of benzene rings is 1. The molecule has 2 N–H and O–H groups in total. The molecule has 0 fully saturated rings. The summed E-state index contributed by atoms with van der Waals surface area (Å²) in [6.07, 6.45) is 1.98. The van der Waals surface area contributed by atoms with Crippen LogP contribution in [0.3, 0.4) is 0 Å². The van der Waals surface area contributed by atoms with E-state index in [1.165, 1.54) is 6.07 Å². The van der Waals surface area contributed by atoms with E-state index >= 15 is 0 Å². The quantitative estimate of drug-likeness (QED) is 0.761. The molecule has 0 aliphatic carbocycles. The predicted molar refractivity (Wildman–Crippen MR) is 66.3 cm³/mol. The second kappa shape index (κ2) is 6.89. The van der Waals surface area contributed by atoms with Gasteiger partial charge in [0.05, 0.1) is 6.04 Å². The highest BCUT2D eigenvalue weighted by atomic mass is 19.1. The van der Waals surface area contributed by atoms with E-state index in [1.807, 2.05) is 0 Å². The lowest BCUT2D eigenvalue weighted by molar-refractivity contribution is 0.237. The molecule has 1 rings (SSSR count). The Kier molecular flexibility index (Phi) is 5.46. The monoisotopic (exact) mass is 238 g/mol. The molecular formula is C13H19FN2O. The van der Waals surface area contributed by atoms with E-state index in [0.29, 0.717) is 12.1 Å². The van der Waals surface area contributed by atoms with Gasteiger partial charge in [-0.2, -0.15) is 0 Å². The highest BCUT2D eigenvalue weighted by Crippen LogP contribution is 2.15. The summed E-state index contributed by atoms with van der Waals surface area (Å²) in [4.78, 5) is 11.5. The maximum absolute atomic E-state index is 13.4. The number of rotatable bonds is 5. The molecule has 17 heavy (non-hydrogen) atoms. The molecule has 2 amide bonds. The summed E-state index contributed by atoms with van der Waals surface area (Å²) in [6, 6.07) is 5.86. The number of halogens is 1. The lowest BCUT2D eigenvalue weighted by Crippen LogP contribution is -2.37. The Balaban J connectivity index is 2.46.